The van der Waals surface area contributed by atoms with Crippen LogP contribution in [0.5, 0.6) is 0 Å². The second kappa shape index (κ2) is 6.72. The van der Waals surface area contributed by atoms with Crippen LogP contribution >= 0.6 is 15.9 Å². The molecule has 100 valence electrons. The van der Waals surface area contributed by atoms with Crippen molar-refractivity contribution in [1.82, 2.24) is 5.32 Å². The molecule has 0 aliphatic rings. The molecule has 0 radical (unpaired) electrons. The van der Waals surface area contributed by atoms with Crippen molar-refractivity contribution in [3.05, 3.63) is 28.2 Å². The van der Waals surface area contributed by atoms with Gasteiger partial charge in [-0.25, -0.2) is 0 Å². The number of rotatable bonds is 5. The van der Waals surface area contributed by atoms with Gasteiger partial charge in [0.25, 0.3) is 5.91 Å². The average Bonchev–Trinajstić information content (AvgIpc) is 2.33. The van der Waals surface area contributed by atoms with Gasteiger partial charge in [0.15, 0.2) is 6.29 Å². The van der Waals surface area contributed by atoms with E-state index < -0.39 is 6.29 Å². The van der Waals surface area contributed by atoms with Crippen molar-refractivity contribution in [2.45, 2.75) is 19.3 Å². The molecule has 0 aliphatic carbocycles. The first-order valence-corrected chi connectivity index (χ1v) is 6.20. The Balaban J connectivity index is 2.79. The van der Waals surface area contributed by atoms with Crippen LogP contribution < -0.4 is 11.1 Å². The zero-order valence-electron chi connectivity index (χ0n) is 10.6. The largest absolute Gasteiger partial charge is 0.398 e. The van der Waals surface area contributed by atoms with Crippen molar-refractivity contribution < 1.29 is 14.3 Å². The normalized spacial score (nSPS) is 12.5. The number of carbonyl (C=O) groups is 1. The fraction of sp³-hybridized carbons (Fsp3) is 0.417. The van der Waals surface area contributed by atoms with Crippen molar-refractivity contribution in [1.29, 1.82) is 0 Å². The monoisotopic (exact) mass is 316 g/mol. The van der Waals surface area contributed by atoms with E-state index in [4.69, 9.17) is 15.2 Å². The number of nitrogens with two attached hydrogens (primary N) is 1. The minimum absolute atomic E-state index is 0.264. The Labute approximate surface area is 115 Å². The molecule has 1 atom stereocenters. The van der Waals surface area contributed by atoms with Crippen LogP contribution in [0.15, 0.2) is 22.7 Å². The van der Waals surface area contributed by atoms with Crippen molar-refractivity contribution in [2.75, 3.05) is 20.0 Å². The molecule has 0 aliphatic heterocycles. The van der Waals surface area contributed by atoms with E-state index in [0.29, 0.717) is 11.3 Å². The second-order valence-corrected chi connectivity index (χ2v) is 4.75. The molecule has 18 heavy (non-hydrogen) atoms. The molecule has 0 spiro atoms. The van der Waals surface area contributed by atoms with Gasteiger partial charge in [-0.15, -0.1) is 0 Å². The van der Waals surface area contributed by atoms with E-state index in [2.05, 4.69) is 21.2 Å². The summed E-state index contributed by atoms with van der Waals surface area (Å²) in [5.41, 5.74) is 6.61. The zero-order chi connectivity index (χ0) is 13.7. The molecule has 6 heteroatoms. The third-order valence-electron chi connectivity index (χ3n) is 2.49. The van der Waals surface area contributed by atoms with E-state index in [1.54, 1.807) is 25.1 Å². The smallest absolute Gasteiger partial charge is 0.253 e. The Kier molecular flexibility index (Phi) is 5.58. The molecule has 0 aromatic heterocycles. The molecule has 0 bridgehead atoms. The number of anilines is 1. The highest BCUT2D eigenvalue weighted by atomic mass is 79.9. The molecule has 1 unspecified atom stereocenters. The van der Waals surface area contributed by atoms with Crippen LogP contribution in [0.2, 0.25) is 0 Å². The first-order valence-electron chi connectivity index (χ1n) is 5.41. The molecule has 1 aromatic carbocycles. The van der Waals surface area contributed by atoms with Gasteiger partial charge in [0, 0.05) is 24.4 Å². The molecule has 0 heterocycles. The predicted molar refractivity (Wildman–Crippen MR) is 73.3 cm³/mol. The Morgan fingerprint density at radius 3 is 2.56 bits per heavy atom. The molecular weight excluding hydrogens is 300 g/mol. The van der Waals surface area contributed by atoms with E-state index in [1.807, 2.05) is 0 Å². The van der Waals surface area contributed by atoms with Crippen LogP contribution in [-0.2, 0) is 9.47 Å². The van der Waals surface area contributed by atoms with Crippen LogP contribution in [0.4, 0.5) is 5.69 Å². The lowest BCUT2D eigenvalue weighted by Crippen LogP contribution is -2.43. The zero-order valence-corrected chi connectivity index (χ0v) is 12.2. The highest BCUT2D eigenvalue weighted by molar-refractivity contribution is 9.10. The number of benzene rings is 1. The van der Waals surface area contributed by atoms with E-state index in [1.165, 1.54) is 14.2 Å². The molecule has 0 saturated heterocycles. The summed E-state index contributed by atoms with van der Waals surface area (Å²) in [4.78, 5) is 12.0. The number of methoxy groups -OCH3 is 2. The summed E-state index contributed by atoms with van der Waals surface area (Å²) in [6, 6.07) is 4.84. The van der Waals surface area contributed by atoms with Gasteiger partial charge in [-0.3, -0.25) is 4.79 Å². The Morgan fingerprint density at radius 1 is 1.39 bits per heavy atom. The molecule has 1 aromatic rings. The Hall–Kier alpha value is -1.11. The SMILES string of the molecule is COC(OC)C(C)NC(=O)c1cc(Br)ccc1N. The van der Waals surface area contributed by atoms with Crippen LogP contribution in [-0.4, -0.2) is 32.5 Å². The summed E-state index contributed by atoms with van der Waals surface area (Å²) in [7, 11) is 3.04. The fourth-order valence-corrected chi connectivity index (χ4v) is 1.94. The summed E-state index contributed by atoms with van der Waals surface area (Å²) in [5, 5.41) is 2.78. The van der Waals surface area contributed by atoms with Gasteiger partial charge < -0.3 is 20.5 Å². The molecule has 0 fully saturated rings. The molecule has 3 N–H and O–H groups in total. The van der Waals surface area contributed by atoms with E-state index in [-0.39, 0.29) is 11.9 Å². The second-order valence-electron chi connectivity index (χ2n) is 3.83. The Bertz CT molecular complexity index is 422. The number of nitrogen functional groups attached to an aromatic ring is 1. The maximum Gasteiger partial charge on any atom is 0.253 e. The number of hydrogen-bond donors (Lipinski definition) is 2. The Morgan fingerprint density at radius 2 is 2.00 bits per heavy atom. The maximum atomic E-state index is 12.0. The van der Waals surface area contributed by atoms with Gasteiger partial charge in [-0.1, -0.05) is 15.9 Å². The first kappa shape index (κ1) is 14.9. The van der Waals surface area contributed by atoms with E-state index in [0.717, 1.165) is 4.47 Å². The number of nitrogens with one attached hydrogen (secondary N) is 1. The molecule has 1 amide bonds. The number of ether oxygens (including phenoxy) is 2. The number of carbonyl (C=O) groups excluding carboxylic acids is 1. The summed E-state index contributed by atoms with van der Waals surface area (Å²) >= 11 is 3.30. The first-order chi connectivity index (χ1) is 8.49. The van der Waals surface area contributed by atoms with E-state index in [9.17, 15) is 4.79 Å². The van der Waals surface area contributed by atoms with E-state index >= 15 is 0 Å². The summed E-state index contributed by atoms with van der Waals surface area (Å²) in [6.07, 6.45) is -0.498. The van der Waals surface area contributed by atoms with Gasteiger partial charge in [-0.05, 0) is 25.1 Å². The lowest BCUT2D eigenvalue weighted by molar-refractivity contribution is -0.117. The van der Waals surface area contributed by atoms with Crippen molar-refractivity contribution in [3.63, 3.8) is 0 Å². The van der Waals surface area contributed by atoms with Crippen molar-refractivity contribution in [3.8, 4) is 0 Å². The standard InChI is InChI=1S/C12H17BrN2O3/c1-7(12(17-2)18-3)15-11(16)9-6-8(13)4-5-10(9)14/h4-7,12H,14H2,1-3H3,(H,15,16). The van der Waals surface area contributed by atoms with Gasteiger partial charge in [0.2, 0.25) is 0 Å². The quantitative estimate of drug-likeness (QED) is 0.641. The van der Waals surface area contributed by atoms with Crippen LogP contribution in [0, 0.1) is 0 Å². The lowest BCUT2D eigenvalue weighted by Gasteiger charge is -2.22. The minimum Gasteiger partial charge on any atom is -0.398 e. The number of amides is 1. The van der Waals surface area contributed by atoms with Gasteiger partial charge in [0.1, 0.15) is 0 Å². The maximum absolute atomic E-state index is 12.0. The number of hydrogen-bond acceptors (Lipinski definition) is 4. The highest BCUT2D eigenvalue weighted by Crippen LogP contribution is 2.18. The molecular formula is C12H17BrN2O3. The van der Waals surface area contributed by atoms with Gasteiger partial charge in [0.05, 0.1) is 11.6 Å². The highest BCUT2D eigenvalue weighted by Gasteiger charge is 2.19. The third-order valence-corrected chi connectivity index (χ3v) is 2.98. The van der Waals surface area contributed by atoms with Crippen LogP contribution in [0.25, 0.3) is 0 Å². The average molecular weight is 317 g/mol. The predicted octanol–water partition coefficient (Wildman–Crippen LogP) is 1.77. The minimum atomic E-state index is -0.498. The van der Waals surface area contributed by atoms with Gasteiger partial charge >= 0.3 is 0 Å². The number of halogens is 1. The van der Waals surface area contributed by atoms with Crippen molar-refractivity contribution in [2.24, 2.45) is 0 Å². The molecule has 5 nitrogen and oxygen atoms in total. The molecule has 0 saturated carbocycles. The topological polar surface area (TPSA) is 73.6 Å². The fourth-order valence-electron chi connectivity index (χ4n) is 1.58. The third kappa shape index (κ3) is 3.69. The van der Waals surface area contributed by atoms with Crippen LogP contribution in [0.3, 0.4) is 0 Å². The summed E-state index contributed by atoms with van der Waals surface area (Å²) in [5.74, 6) is -0.264. The van der Waals surface area contributed by atoms with Crippen molar-refractivity contribution >= 4 is 27.5 Å². The lowest BCUT2D eigenvalue weighted by atomic mass is 10.1. The summed E-state index contributed by atoms with van der Waals surface area (Å²) in [6.45, 7) is 1.80. The molecule has 1 rings (SSSR count). The van der Waals surface area contributed by atoms with Gasteiger partial charge in [-0.2, -0.15) is 0 Å². The summed E-state index contributed by atoms with van der Waals surface area (Å²) < 4.78 is 10.9. The van der Waals surface area contributed by atoms with Crippen LogP contribution in [0.1, 0.15) is 17.3 Å².